The number of anilines is 1. The number of carbonyl (C=O) groups is 3. The summed E-state index contributed by atoms with van der Waals surface area (Å²) in [7, 11) is 1.87. The number of thioether (sulfide) groups is 1. The largest absolute Gasteiger partial charge is 0.346 e. The molecule has 0 radical (unpaired) electrons. The Morgan fingerprint density at radius 2 is 1.93 bits per heavy atom. The molecule has 1 aliphatic heterocycles. The maximum Gasteiger partial charge on any atom is 0.234 e. The number of nitrogens with zero attached hydrogens (tertiary/aromatic N) is 2. The van der Waals surface area contributed by atoms with Gasteiger partial charge in [-0.05, 0) is 43.9 Å². The van der Waals surface area contributed by atoms with Gasteiger partial charge in [0.25, 0.3) is 0 Å². The average molecular weight is 420 g/mol. The summed E-state index contributed by atoms with van der Waals surface area (Å²) >= 11 is 1.33. The van der Waals surface area contributed by atoms with Gasteiger partial charge in [0.2, 0.25) is 17.7 Å². The van der Waals surface area contributed by atoms with Gasteiger partial charge in [-0.1, -0.05) is 25.5 Å². The number of nitrogens with one attached hydrogen (secondary N) is 1. The zero-order valence-electron chi connectivity index (χ0n) is 17.8. The Morgan fingerprint density at radius 3 is 2.59 bits per heavy atom. The topological polar surface area (TPSA) is 69.7 Å². The molecule has 2 rings (SSSR count). The molecule has 1 aliphatic rings. The predicted octanol–water partition coefficient (Wildman–Crippen LogP) is 3.16. The molecule has 0 spiro atoms. The minimum atomic E-state index is -0.104. The van der Waals surface area contributed by atoms with Crippen molar-refractivity contribution in [3.8, 4) is 0 Å². The van der Waals surface area contributed by atoms with Gasteiger partial charge in [0.1, 0.15) is 0 Å². The van der Waals surface area contributed by atoms with E-state index in [-0.39, 0.29) is 35.1 Å². The van der Waals surface area contributed by atoms with Gasteiger partial charge in [-0.2, -0.15) is 0 Å². The Balaban J connectivity index is 1.66. The number of likely N-dealkylation sites (tertiary alicyclic amines) is 1. The summed E-state index contributed by atoms with van der Waals surface area (Å²) < 4.78 is 0. The van der Waals surface area contributed by atoms with E-state index in [0.717, 1.165) is 43.5 Å². The van der Waals surface area contributed by atoms with Crippen LogP contribution < -0.4 is 5.32 Å². The van der Waals surface area contributed by atoms with Crippen LogP contribution in [-0.2, 0) is 14.4 Å². The van der Waals surface area contributed by atoms with E-state index in [1.807, 2.05) is 48.0 Å². The average Bonchev–Trinajstić information content (AvgIpc) is 2.71. The highest BCUT2D eigenvalue weighted by molar-refractivity contribution is 8.00. The van der Waals surface area contributed by atoms with E-state index in [1.54, 1.807) is 0 Å². The number of hydrogen-bond donors (Lipinski definition) is 1. The van der Waals surface area contributed by atoms with Crippen LogP contribution in [0.2, 0.25) is 0 Å². The summed E-state index contributed by atoms with van der Waals surface area (Å²) in [5, 5.41) is 2.85. The lowest BCUT2D eigenvalue weighted by molar-refractivity contribution is -0.138. The second-order valence-corrected chi connectivity index (χ2v) is 8.66. The van der Waals surface area contributed by atoms with E-state index in [2.05, 4.69) is 12.2 Å². The molecule has 0 aliphatic carbocycles. The molecule has 3 amide bonds. The minimum Gasteiger partial charge on any atom is -0.346 e. The van der Waals surface area contributed by atoms with Crippen LogP contribution >= 0.6 is 11.8 Å². The molecule has 0 unspecified atom stereocenters. The van der Waals surface area contributed by atoms with E-state index in [4.69, 9.17) is 0 Å². The Kier molecular flexibility index (Phi) is 9.51. The van der Waals surface area contributed by atoms with Crippen molar-refractivity contribution in [1.29, 1.82) is 0 Å². The van der Waals surface area contributed by atoms with Crippen molar-refractivity contribution in [2.45, 2.75) is 39.5 Å². The highest BCUT2D eigenvalue weighted by Gasteiger charge is 2.28. The molecule has 0 saturated carbocycles. The van der Waals surface area contributed by atoms with Crippen LogP contribution in [0, 0.1) is 12.8 Å². The molecule has 0 atom stereocenters. The number of unbranched alkanes of at least 4 members (excludes halogenated alkanes) is 1. The van der Waals surface area contributed by atoms with Gasteiger partial charge >= 0.3 is 0 Å². The van der Waals surface area contributed by atoms with E-state index >= 15 is 0 Å². The van der Waals surface area contributed by atoms with Crippen LogP contribution in [0.25, 0.3) is 0 Å². The standard InChI is InChI=1S/C22H33N3O3S/c1-4-5-11-24(3)22(28)18-9-12-25(13-10-18)21(27)16-29-15-20(26)23-19-8-6-7-17(2)14-19/h6-8,14,18H,4-5,9-13,15-16H2,1-3H3,(H,23,26). The third kappa shape index (κ3) is 7.72. The zero-order chi connectivity index (χ0) is 21.2. The number of amides is 3. The molecule has 0 bridgehead atoms. The first kappa shape index (κ1) is 23.3. The molecule has 1 fully saturated rings. The molecule has 1 N–H and O–H groups in total. The predicted molar refractivity (Wildman–Crippen MR) is 119 cm³/mol. The monoisotopic (exact) mass is 419 g/mol. The zero-order valence-corrected chi connectivity index (χ0v) is 18.6. The van der Waals surface area contributed by atoms with Gasteiger partial charge in [-0.25, -0.2) is 0 Å². The number of piperidine rings is 1. The molecular weight excluding hydrogens is 386 g/mol. The van der Waals surface area contributed by atoms with E-state index in [0.29, 0.717) is 13.1 Å². The Hall–Kier alpha value is -2.02. The van der Waals surface area contributed by atoms with Crippen molar-refractivity contribution in [1.82, 2.24) is 9.80 Å². The summed E-state index contributed by atoms with van der Waals surface area (Å²) in [4.78, 5) is 40.6. The van der Waals surface area contributed by atoms with Crippen molar-refractivity contribution in [3.05, 3.63) is 29.8 Å². The summed E-state index contributed by atoms with van der Waals surface area (Å²) in [6, 6.07) is 7.64. The van der Waals surface area contributed by atoms with Crippen LogP contribution in [0.5, 0.6) is 0 Å². The fraction of sp³-hybridized carbons (Fsp3) is 0.591. The molecule has 7 heteroatoms. The number of rotatable bonds is 9. The summed E-state index contributed by atoms with van der Waals surface area (Å²) in [5.41, 5.74) is 1.86. The van der Waals surface area contributed by atoms with Crippen LogP contribution in [0.1, 0.15) is 38.2 Å². The summed E-state index contributed by atoms with van der Waals surface area (Å²) in [5.74, 6) is 0.699. The first-order chi connectivity index (χ1) is 13.9. The molecule has 0 aromatic heterocycles. The molecule has 6 nitrogen and oxygen atoms in total. The van der Waals surface area contributed by atoms with E-state index < -0.39 is 0 Å². The summed E-state index contributed by atoms with van der Waals surface area (Å²) in [6.07, 6.45) is 3.54. The number of carbonyl (C=O) groups excluding carboxylic acids is 3. The third-order valence-corrected chi connectivity index (χ3v) is 6.10. The van der Waals surface area contributed by atoms with E-state index in [9.17, 15) is 14.4 Å². The first-order valence-electron chi connectivity index (χ1n) is 10.4. The van der Waals surface area contributed by atoms with Gasteiger partial charge < -0.3 is 15.1 Å². The van der Waals surface area contributed by atoms with Gasteiger partial charge in [-0.15, -0.1) is 11.8 Å². The second-order valence-electron chi connectivity index (χ2n) is 7.68. The number of aryl methyl sites for hydroxylation is 1. The summed E-state index contributed by atoms with van der Waals surface area (Å²) in [6.45, 7) is 6.13. The fourth-order valence-corrected chi connectivity index (χ4v) is 4.15. The van der Waals surface area contributed by atoms with Crippen molar-refractivity contribution < 1.29 is 14.4 Å². The van der Waals surface area contributed by atoms with Gasteiger partial charge in [0, 0.05) is 38.3 Å². The van der Waals surface area contributed by atoms with Crippen molar-refractivity contribution in [3.63, 3.8) is 0 Å². The lowest BCUT2D eigenvalue weighted by Gasteiger charge is -2.33. The van der Waals surface area contributed by atoms with Crippen LogP contribution in [0.15, 0.2) is 24.3 Å². The second kappa shape index (κ2) is 11.9. The van der Waals surface area contributed by atoms with Crippen LogP contribution in [0.3, 0.4) is 0 Å². The van der Waals surface area contributed by atoms with Gasteiger partial charge in [0.05, 0.1) is 11.5 Å². The Morgan fingerprint density at radius 1 is 1.21 bits per heavy atom. The SMILES string of the molecule is CCCCN(C)C(=O)C1CCN(C(=O)CSCC(=O)Nc2cccc(C)c2)CC1. The van der Waals surface area contributed by atoms with Crippen molar-refractivity contribution in [2.24, 2.45) is 5.92 Å². The van der Waals surface area contributed by atoms with Gasteiger partial charge in [0.15, 0.2) is 0 Å². The van der Waals surface area contributed by atoms with Crippen LogP contribution in [0.4, 0.5) is 5.69 Å². The molecule has 1 saturated heterocycles. The molecule has 1 aromatic carbocycles. The highest BCUT2D eigenvalue weighted by Crippen LogP contribution is 2.20. The van der Waals surface area contributed by atoms with Crippen LogP contribution in [-0.4, -0.2) is 65.7 Å². The van der Waals surface area contributed by atoms with E-state index in [1.165, 1.54) is 11.8 Å². The smallest absolute Gasteiger partial charge is 0.234 e. The maximum absolute atomic E-state index is 12.5. The third-order valence-electron chi connectivity index (χ3n) is 5.18. The Bertz CT molecular complexity index is 702. The lowest BCUT2D eigenvalue weighted by atomic mass is 9.95. The molecule has 29 heavy (non-hydrogen) atoms. The highest BCUT2D eigenvalue weighted by atomic mass is 32.2. The first-order valence-corrected chi connectivity index (χ1v) is 11.5. The van der Waals surface area contributed by atoms with Gasteiger partial charge in [-0.3, -0.25) is 14.4 Å². The molecule has 160 valence electrons. The Labute approximate surface area is 178 Å². The van der Waals surface area contributed by atoms with Crippen molar-refractivity contribution >= 4 is 35.2 Å². The fourth-order valence-electron chi connectivity index (χ4n) is 3.44. The quantitative estimate of drug-likeness (QED) is 0.667. The lowest BCUT2D eigenvalue weighted by Crippen LogP contribution is -2.44. The molecular formula is C22H33N3O3S. The number of benzene rings is 1. The molecule has 1 aromatic rings. The minimum absolute atomic E-state index is 0.0219. The molecule has 1 heterocycles. The normalized spacial score (nSPS) is 14.5. The number of hydrogen-bond acceptors (Lipinski definition) is 4. The van der Waals surface area contributed by atoms with Crippen molar-refractivity contribution in [2.75, 3.05) is 43.5 Å². The maximum atomic E-state index is 12.5.